The minimum atomic E-state index is -0.929. The summed E-state index contributed by atoms with van der Waals surface area (Å²) in [5, 5.41) is 2.55. The number of hydrogen-bond donors (Lipinski definition) is 2. The lowest BCUT2D eigenvalue weighted by atomic mass is 10.1. The lowest BCUT2D eigenvalue weighted by molar-refractivity contribution is 0.0686. The fourth-order valence-electron chi connectivity index (χ4n) is 1.61. The summed E-state index contributed by atoms with van der Waals surface area (Å²) < 4.78 is 36.5. The van der Waals surface area contributed by atoms with Crippen molar-refractivity contribution in [1.29, 1.82) is 0 Å². The van der Waals surface area contributed by atoms with Crippen LogP contribution in [0.25, 0.3) is 0 Å². The molecule has 0 aliphatic rings. The highest BCUT2D eigenvalue weighted by molar-refractivity contribution is 5.95. The molecule has 0 radical (unpaired) electrons. The first kappa shape index (κ1) is 17.3. The van der Waals surface area contributed by atoms with Crippen LogP contribution in [0.3, 0.4) is 0 Å². The fraction of sp³-hybridized carbons (Fsp3) is 0.500. The Hall–Kier alpha value is -1.73. The molecule has 0 bridgehead atoms. The Bertz CT molecular complexity index is 470. The summed E-state index contributed by atoms with van der Waals surface area (Å²) in [5.41, 5.74) is 4.80. The van der Waals surface area contributed by atoms with Crippen molar-refractivity contribution in [3.63, 3.8) is 0 Å². The summed E-state index contributed by atoms with van der Waals surface area (Å²) >= 11 is 0. The second-order valence-corrected chi connectivity index (χ2v) is 4.42. The van der Waals surface area contributed by atoms with Crippen LogP contribution in [0.2, 0.25) is 0 Å². The van der Waals surface area contributed by atoms with Gasteiger partial charge in [0.25, 0.3) is 5.91 Å². The van der Waals surface area contributed by atoms with E-state index >= 15 is 0 Å². The number of benzene rings is 1. The first-order chi connectivity index (χ1) is 10.1. The van der Waals surface area contributed by atoms with Gasteiger partial charge in [-0.15, -0.1) is 0 Å². The Balaban J connectivity index is 2.27. The second kappa shape index (κ2) is 9.25. The van der Waals surface area contributed by atoms with E-state index < -0.39 is 17.5 Å². The molecule has 0 saturated heterocycles. The number of amides is 1. The Labute approximate surface area is 122 Å². The molecule has 0 saturated carbocycles. The average molecular weight is 302 g/mol. The van der Waals surface area contributed by atoms with Gasteiger partial charge in [0.1, 0.15) is 11.6 Å². The van der Waals surface area contributed by atoms with Crippen LogP contribution in [-0.4, -0.2) is 39.4 Å². The van der Waals surface area contributed by atoms with Gasteiger partial charge in [0.2, 0.25) is 0 Å². The average Bonchev–Trinajstić information content (AvgIpc) is 2.45. The van der Waals surface area contributed by atoms with E-state index in [0.29, 0.717) is 38.9 Å². The smallest absolute Gasteiger partial charge is 0.254 e. The van der Waals surface area contributed by atoms with Gasteiger partial charge in [0.05, 0.1) is 24.5 Å². The van der Waals surface area contributed by atoms with E-state index in [-0.39, 0.29) is 11.3 Å². The zero-order valence-corrected chi connectivity index (χ0v) is 12.0. The van der Waals surface area contributed by atoms with E-state index in [1.54, 1.807) is 7.11 Å². The highest BCUT2D eigenvalue weighted by atomic mass is 19.1. The highest BCUT2D eigenvalue weighted by Crippen LogP contribution is 2.16. The minimum absolute atomic E-state index is 0.256. The predicted molar refractivity (Wildman–Crippen MR) is 75.0 cm³/mol. The molecule has 21 heavy (non-hydrogen) atoms. The monoisotopic (exact) mass is 302 g/mol. The standard InChI is InChI=1S/C14H20F2N2O3/c1-20-6-7-21-5-3-2-4-18-14(19)10-8-13(17)12(16)9-11(10)15/h8-9H,2-7,17H2,1H3,(H,18,19). The summed E-state index contributed by atoms with van der Waals surface area (Å²) in [7, 11) is 1.60. The maximum atomic E-state index is 13.4. The zero-order chi connectivity index (χ0) is 15.7. The molecule has 5 nitrogen and oxygen atoms in total. The Morgan fingerprint density at radius 2 is 1.95 bits per heavy atom. The van der Waals surface area contributed by atoms with Gasteiger partial charge in [-0.25, -0.2) is 8.78 Å². The molecule has 0 aliphatic heterocycles. The van der Waals surface area contributed by atoms with Crippen molar-refractivity contribution in [2.75, 3.05) is 39.2 Å². The summed E-state index contributed by atoms with van der Waals surface area (Å²) in [6.45, 7) is 2.02. The van der Waals surface area contributed by atoms with Crippen molar-refractivity contribution >= 4 is 11.6 Å². The second-order valence-electron chi connectivity index (χ2n) is 4.42. The van der Waals surface area contributed by atoms with Gasteiger partial charge in [-0.3, -0.25) is 4.79 Å². The predicted octanol–water partition coefficient (Wildman–Crippen LogP) is 1.72. The van der Waals surface area contributed by atoms with Gasteiger partial charge in [-0.1, -0.05) is 0 Å². The Morgan fingerprint density at radius 3 is 2.67 bits per heavy atom. The van der Waals surface area contributed by atoms with Crippen molar-refractivity contribution in [3.8, 4) is 0 Å². The summed E-state index contributed by atoms with van der Waals surface area (Å²) in [6.07, 6.45) is 1.45. The lowest BCUT2D eigenvalue weighted by Crippen LogP contribution is -2.26. The van der Waals surface area contributed by atoms with Gasteiger partial charge in [-0.05, 0) is 18.9 Å². The van der Waals surface area contributed by atoms with Crippen LogP contribution in [0, 0.1) is 11.6 Å². The molecule has 3 N–H and O–H groups in total. The number of anilines is 1. The summed E-state index contributed by atoms with van der Waals surface area (Å²) in [4.78, 5) is 11.7. The molecule has 0 aliphatic carbocycles. The number of rotatable bonds is 9. The zero-order valence-electron chi connectivity index (χ0n) is 12.0. The van der Waals surface area contributed by atoms with E-state index in [4.69, 9.17) is 15.2 Å². The first-order valence-corrected chi connectivity index (χ1v) is 6.65. The van der Waals surface area contributed by atoms with Gasteiger partial charge in [-0.2, -0.15) is 0 Å². The maximum absolute atomic E-state index is 13.4. The molecule has 0 unspecified atom stereocenters. The third-order valence-corrected chi connectivity index (χ3v) is 2.76. The van der Waals surface area contributed by atoms with Crippen LogP contribution in [0.4, 0.5) is 14.5 Å². The van der Waals surface area contributed by atoms with Crippen LogP contribution in [0.15, 0.2) is 12.1 Å². The Morgan fingerprint density at radius 1 is 1.19 bits per heavy atom. The van der Waals surface area contributed by atoms with Crippen molar-refractivity contribution in [2.24, 2.45) is 0 Å². The van der Waals surface area contributed by atoms with E-state index in [9.17, 15) is 13.6 Å². The summed E-state index contributed by atoms with van der Waals surface area (Å²) in [6, 6.07) is 1.60. The molecule has 118 valence electrons. The van der Waals surface area contributed by atoms with Crippen LogP contribution >= 0.6 is 0 Å². The van der Waals surface area contributed by atoms with Crippen LogP contribution in [0.1, 0.15) is 23.2 Å². The maximum Gasteiger partial charge on any atom is 0.254 e. The molecule has 7 heteroatoms. The van der Waals surface area contributed by atoms with Gasteiger partial charge in [0, 0.05) is 26.3 Å². The van der Waals surface area contributed by atoms with E-state index in [2.05, 4.69) is 5.32 Å². The molecule has 0 aromatic heterocycles. The van der Waals surface area contributed by atoms with E-state index in [1.165, 1.54) is 0 Å². The van der Waals surface area contributed by atoms with Gasteiger partial charge >= 0.3 is 0 Å². The van der Waals surface area contributed by atoms with E-state index in [0.717, 1.165) is 12.5 Å². The molecular formula is C14H20F2N2O3. The SMILES string of the molecule is COCCOCCCCNC(=O)c1cc(N)c(F)cc1F. The number of halogens is 2. The molecular weight excluding hydrogens is 282 g/mol. The van der Waals surface area contributed by atoms with Crippen LogP contribution in [-0.2, 0) is 9.47 Å². The third kappa shape index (κ3) is 6.05. The van der Waals surface area contributed by atoms with Crippen molar-refractivity contribution in [1.82, 2.24) is 5.32 Å². The van der Waals surface area contributed by atoms with E-state index in [1.807, 2.05) is 0 Å². The topological polar surface area (TPSA) is 73.6 Å². The summed E-state index contributed by atoms with van der Waals surface area (Å²) in [5.74, 6) is -2.42. The number of ether oxygens (including phenoxy) is 2. The number of methoxy groups -OCH3 is 1. The quantitative estimate of drug-likeness (QED) is 0.538. The van der Waals surface area contributed by atoms with Gasteiger partial charge in [0.15, 0.2) is 0 Å². The molecule has 1 rings (SSSR count). The molecule has 0 heterocycles. The normalized spacial score (nSPS) is 10.6. The number of hydrogen-bond acceptors (Lipinski definition) is 4. The molecule has 1 aromatic rings. The molecule has 1 aromatic carbocycles. The number of carbonyl (C=O) groups excluding carboxylic acids is 1. The number of nitrogens with two attached hydrogens (primary N) is 1. The number of nitrogens with one attached hydrogen (secondary N) is 1. The molecule has 0 spiro atoms. The fourth-order valence-corrected chi connectivity index (χ4v) is 1.61. The lowest BCUT2D eigenvalue weighted by Gasteiger charge is -2.08. The van der Waals surface area contributed by atoms with Crippen molar-refractivity contribution < 1.29 is 23.0 Å². The van der Waals surface area contributed by atoms with Crippen molar-refractivity contribution in [3.05, 3.63) is 29.3 Å². The molecule has 0 atom stereocenters. The molecule has 1 amide bonds. The number of carbonyl (C=O) groups is 1. The van der Waals surface area contributed by atoms with Gasteiger partial charge < -0.3 is 20.5 Å². The van der Waals surface area contributed by atoms with Crippen LogP contribution in [0.5, 0.6) is 0 Å². The van der Waals surface area contributed by atoms with Crippen molar-refractivity contribution in [2.45, 2.75) is 12.8 Å². The Kier molecular flexibility index (Phi) is 7.63. The highest BCUT2D eigenvalue weighted by Gasteiger charge is 2.14. The molecule has 0 fully saturated rings. The minimum Gasteiger partial charge on any atom is -0.396 e. The first-order valence-electron chi connectivity index (χ1n) is 6.65. The number of nitrogen functional groups attached to an aromatic ring is 1. The third-order valence-electron chi connectivity index (χ3n) is 2.76. The number of unbranched alkanes of at least 4 members (excludes halogenated alkanes) is 1. The van der Waals surface area contributed by atoms with Crippen LogP contribution < -0.4 is 11.1 Å². The largest absolute Gasteiger partial charge is 0.396 e.